The third-order valence-electron chi connectivity index (χ3n) is 10.3. The normalized spacial score (nSPS) is 16.6. The van der Waals surface area contributed by atoms with Crippen LogP contribution in [-0.4, -0.2) is 37.5 Å². The van der Waals surface area contributed by atoms with Gasteiger partial charge in [0, 0.05) is 11.1 Å². The summed E-state index contributed by atoms with van der Waals surface area (Å²) in [7, 11) is -9.90. The van der Waals surface area contributed by atoms with Crippen molar-refractivity contribution in [3.8, 4) is 0 Å². The minimum absolute atomic E-state index is 0. The van der Waals surface area contributed by atoms with Crippen LogP contribution in [0.3, 0.4) is 0 Å². The Bertz CT molecular complexity index is 2090. The second kappa shape index (κ2) is 16.6. The Morgan fingerprint density at radius 3 is 1.19 bits per heavy atom. The summed E-state index contributed by atoms with van der Waals surface area (Å²) in [5.41, 5.74) is 1.68. The topological polar surface area (TPSA) is 173 Å². The van der Waals surface area contributed by atoms with Crippen LogP contribution in [0.5, 0.6) is 0 Å². The quantitative estimate of drug-likeness (QED) is 0.176. The van der Waals surface area contributed by atoms with Crippen LogP contribution in [0.15, 0.2) is 82.6 Å². The van der Waals surface area contributed by atoms with Crippen LogP contribution in [0.25, 0.3) is 0 Å². The van der Waals surface area contributed by atoms with Gasteiger partial charge in [0.1, 0.15) is 20.2 Å². The smallest absolute Gasteiger partial charge is 0.744 e. The number of carbonyl (C=O) groups excluding carboxylic acids is 2. The molecule has 0 aliphatic heterocycles. The molecular weight excluding hydrogens is 723 g/mol. The molecule has 0 radical (unpaired) electrons. The number of rotatable bonds is 8. The van der Waals surface area contributed by atoms with Gasteiger partial charge in [-0.15, -0.1) is 0 Å². The Morgan fingerprint density at radius 1 is 0.500 bits per heavy atom. The maximum atomic E-state index is 14.1. The third kappa shape index (κ3) is 8.31. The molecule has 0 saturated heterocycles. The van der Waals surface area contributed by atoms with E-state index in [1.807, 2.05) is 0 Å². The minimum atomic E-state index is -4.95. The molecule has 3 aliphatic carbocycles. The van der Waals surface area contributed by atoms with E-state index in [1.165, 1.54) is 48.5 Å². The molecule has 260 valence electrons. The molecule has 4 aromatic rings. The van der Waals surface area contributed by atoms with Gasteiger partial charge in [-0.25, -0.2) is 16.8 Å². The van der Waals surface area contributed by atoms with Crippen molar-refractivity contribution in [3.05, 3.63) is 106 Å². The predicted octanol–water partition coefficient (Wildman–Crippen LogP) is 1.86. The average molecular weight is 759 g/mol. The van der Waals surface area contributed by atoms with Crippen LogP contribution in [0.4, 0.5) is 22.7 Å². The van der Waals surface area contributed by atoms with Gasteiger partial charge >= 0.3 is 59.1 Å². The zero-order valence-corrected chi connectivity index (χ0v) is 34.9. The van der Waals surface area contributed by atoms with E-state index in [4.69, 9.17) is 0 Å². The van der Waals surface area contributed by atoms with Crippen LogP contribution in [0.2, 0.25) is 0 Å². The number of fused-ring (bicyclic) bond motifs is 2. The van der Waals surface area contributed by atoms with Crippen molar-refractivity contribution >= 4 is 54.6 Å². The molecule has 2 N–H and O–H groups in total. The molecule has 10 nitrogen and oxygen atoms in total. The summed E-state index contributed by atoms with van der Waals surface area (Å²) in [6.45, 7) is 0. The van der Waals surface area contributed by atoms with Crippen molar-refractivity contribution in [1.82, 2.24) is 0 Å². The number of carbonyl (C=O) groups is 2. The number of anilines is 4. The van der Waals surface area contributed by atoms with Crippen molar-refractivity contribution in [2.24, 2.45) is 0 Å². The molecule has 0 unspecified atom stereocenters. The molecule has 7 rings (SSSR count). The molecular formula is C38H36N2Na2O8S2. The van der Waals surface area contributed by atoms with E-state index in [-0.39, 0.29) is 116 Å². The number of benzene rings is 4. The molecule has 0 heterocycles. The summed E-state index contributed by atoms with van der Waals surface area (Å²) in [4.78, 5) is 27.3. The molecule has 4 aromatic carbocycles. The van der Waals surface area contributed by atoms with Crippen molar-refractivity contribution in [2.75, 3.05) is 10.6 Å². The maximum Gasteiger partial charge on any atom is 1.00 e. The third-order valence-corrected chi connectivity index (χ3v) is 12.1. The zero-order chi connectivity index (χ0) is 35.2. The minimum Gasteiger partial charge on any atom is -0.744 e. The van der Waals surface area contributed by atoms with Crippen LogP contribution < -0.4 is 69.7 Å². The molecule has 0 aromatic heterocycles. The first-order valence-electron chi connectivity index (χ1n) is 17.0. The second-order valence-corrected chi connectivity index (χ2v) is 16.1. The van der Waals surface area contributed by atoms with Crippen LogP contribution >= 0.6 is 0 Å². The summed E-state index contributed by atoms with van der Waals surface area (Å²) in [5.74, 6) is -0.801. The Labute approximate surface area is 348 Å². The van der Waals surface area contributed by atoms with Gasteiger partial charge in [-0.05, 0) is 85.0 Å². The molecule has 0 bridgehead atoms. The molecule has 0 spiro atoms. The summed E-state index contributed by atoms with van der Waals surface area (Å²) in [6, 6.07) is 18.5. The average Bonchev–Trinajstić information content (AvgIpc) is 3.11. The van der Waals surface area contributed by atoms with Crippen molar-refractivity contribution in [3.63, 3.8) is 0 Å². The van der Waals surface area contributed by atoms with Gasteiger partial charge in [0.05, 0.1) is 43.7 Å². The van der Waals surface area contributed by atoms with Gasteiger partial charge in [0.2, 0.25) is 0 Å². The van der Waals surface area contributed by atoms with E-state index >= 15 is 0 Å². The van der Waals surface area contributed by atoms with E-state index in [1.54, 1.807) is 24.3 Å². The number of ketones is 2. The van der Waals surface area contributed by atoms with Crippen molar-refractivity contribution in [1.29, 1.82) is 0 Å². The Morgan fingerprint density at radius 2 is 0.846 bits per heavy atom. The first-order chi connectivity index (χ1) is 23.9. The SMILES string of the molecule is O=C1c2ccccc2C(=O)c2c(Nc3ccc(C4CCCCC4)cc3S(=O)(=O)[O-])ccc(Nc3ccc(C4CCCCC4)cc3S(=O)(=O)[O-])c21.[Na+].[Na+]. The van der Waals surface area contributed by atoms with Gasteiger partial charge in [-0.3, -0.25) is 9.59 Å². The van der Waals surface area contributed by atoms with Gasteiger partial charge < -0.3 is 19.7 Å². The predicted molar refractivity (Wildman–Crippen MR) is 187 cm³/mol. The van der Waals surface area contributed by atoms with Gasteiger partial charge in [0.15, 0.2) is 11.6 Å². The molecule has 2 fully saturated rings. The molecule has 14 heteroatoms. The number of hydrogen-bond donors (Lipinski definition) is 2. The van der Waals surface area contributed by atoms with Gasteiger partial charge in [-0.1, -0.05) is 74.9 Å². The molecule has 3 aliphatic rings. The summed E-state index contributed by atoms with van der Waals surface area (Å²) in [6.07, 6.45) is 9.83. The fraction of sp³-hybridized carbons (Fsp3) is 0.316. The molecule has 0 amide bonds. The summed E-state index contributed by atoms with van der Waals surface area (Å²) < 4.78 is 75.2. The maximum absolute atomic E-state index is 14.1. The van der Waals surface area contributed by atoms with E-state index in [9.17, 15) is 35.5 Å². The van der Waals surface area contributed by atoms with Crippen LogP contribution in [0.1, 0.15) is 119 Å². The first-order valence-corrected chi connectivity index (χ1v) is 19.8. The van der Waals surface area contributed by atoms with E-state index in [0.717, 1.165) is 75.3 Å². The van der Waals surface area contributed by atoms with E-state index in [2.05, 4.69) is 10.6 Å². The second-order valence-electron chi connectivity index (χ2n) is 13.5. The molecule has 2 saturated carbocycles. The Balaban J connectivity index is 0.00000261. The van der Waals surface area contributed by atoms with Gasteiger partial charge in [0.25, 0.3) is 0 Å². The van der Waals surface area contributed by atoms with Crippen molar-refractivity contribution < 1.29 is 94.6 Å². The van der Waals surface area contributed by atoms with Gasteiger partial charge in [-0.2, -0.15) is 0 Å². The molecule has 0 atom stereocenters. The Hall–Kier alpha value is -2.36. The summed E-state index contributed by atoms with van der Waals surface area (Å²) >= 11 is 0. The van der Waals surface area contributed by atoms with E-state index in [0.29, 0.717) is 0 Å². The van der Waals surface area contributed by atoms with Crippen molar-refractivity contribution in [2.45, 2.75) is 85.8 Å². The van der Waals surface area contributed by atoms with E-state index < -0.39 is 41.6 Å². The standard InChI is InChI=1S/C38H38N2O8S2.2Na/c41-37-27-13-7-8-14-28(27)38(42)36-32(40-30-18-16-26(22-34(30)50(46,47)48)24-11-5-2-6-12-24)20-19-31(35(36)37)39-29-17-15-25(21-33(29)49(43,44)45)23-9-3-1-4-10-23;;/h7-8,13-24,39-40H,1-6,9-12H2,(H,43,44,45)(H,46,47,48);;/q;2*+1/p-2. The fourth-order valence-corrected chi connectivity index (χ4v) is 9.14. The molecule has 52 heavy (non-hydrogen) atoms. The fourth-order valence-electron chi connectivity index (χ4n) is 7.80. The van der Waals surface area contributed by atoms with Crippen LogP contribution in [0, 0.1) is 0 Å². The first kappa shape index (κ1) is 40.8. The zero-order valence-electron chi connectivity index (χ0n) is 29.2. The Kier molecular flexibility index (Phi) is 13.0. The largest absolute Gasteiger partial charge is 1.00 e. The summed E-state index contributed by atoms with van der Waals surface area (Å²) in [5, 5.41) is 5.93. The number of hydrogen-bond acceptors (Lipinski definition) is 10. The van der Waals surface area contributed by atoms with Crippen LogP contribution in [-0.2, 0) is 20.2 Å². The monoisotopic (exact) mass is 758 g/mol. The number of nitrogens with one attached hydrogen (secondary N) is 2.